The molecule has 0 radical (unpaired) electrons. The molecule has 0 fully saturated rings. The van der Waals surface area contributed by atoms with Crippen LogP contribution in [0.15, 0.2) is 6.20 Å². The highest BCUT2D eigenvalue weighted by molar-refractivity contribution is 7.86. The van der Waals surface area contributed by atoms with Gasteiger partial charge < -0.3 is 4.57 Å². The van der Waals surface area contributed by atoms with Gasteiger partial charge >= 0.3 is 0 Å². The van der Waals surface area contributed by atoms with E-state index in [9.17, 15) is 8.42 Å². The quantitative estimate of drug-likeness (QED) is 0.770. The van der Waals surface area contributed by atoms with Gasteiger partial charge in [0.25, 0.3) is 10.1 Å². The normalized spacial score (nSPS) is 14.3. The minimum Gasteiger partial charge on any atom is -0.334 e. The van der Waals surface area contributed by atoms with Crippen molar-refractivity contribution in [1.29, 1.82) is 0 Å². The van der Waals surface area contributed by atoms with Crippen LogP contribution in [-0.4, -0.2) is 22.5 Å². The number of hydrogen-bond acceptors (Lipinski definition) is 3. The zero-order valence-electron chi connectivity index (χ0n) is 8.43. The second-order valence-corrected chi connectivity index (χ2v) is 4.80. The zero-order chi connectivity index (χ0) is 10.9. The van der Waals surface area contributed by atoms with E-state index in [1.165, 1.54) is 6.20 Å². The Bertz CT molecular complexity index is 422. The van der Waals surface area contributed by atoms with E-state index < -0.39 is 15.4 Å². The van der Waals surface area contributed by atoms with E-state index in [0.717, 1.165) is 5.82 Å². The van der Waals surface area contributed by atoms with Gasteiger partial charge in [-0.05, 0) is 13.3 Å². The molecule has 0 saturated heterocycles. The number of nitrogens with zero attached hydrogens (tertiary/aromatic N) is 2. The lowest BCUT2D eigenvalue weighted by molar-refractivity contribution is 0.463. The summed E-state index contributed by atoms with van der Waals surface area (Å²) in [6, 6.07) is 0. The van der Waals surface area contributed by atoms with Gasteiger partial charge in [0.05, 0.1) is 5.69 Å². The molecule has 0 spiro atoms. The Morgan fingerprint density at radius 2 is 2.21 bits per heavy atom. The summed E-state index contributed by atoms with van der Waals surface area (Å²) in [4.78, 5) is 3.99. The lowest BCUT2D eigenvalue weighted by Gasteiger charge is -2.12. The van der Waals surface area contributed by atoms with Crippen molar-refractivity contribution in [3.05, 3.63) is 17.7 Å². The van der Waals surface area contributed by atoms with Gasteiger partial charge in [-0.3, -0.25) is 4.55 Å². The van der Waals surface area contributed by atoms with Crippen LogP contribution >= 0.6 is 0 Å². The van der Waals surface area contributed by atoms with E-state index in [1.54, 1.807) is 25.5 Å². The molecule has 1 atom stereocenters. The number of hydrogen-bond donors (Lipinski definition) is 1. The van der Waals surface area contributed by atoms with Crippen LogP contribution in [0.1, 0.15) is 30.1 Å². The first kappa shape index (κ1) is 11.2. The van der Waals surface area contributed by atoms with Crippen LogP contribution in [0.25, 0.3) is 0 Å². The van der Waals surface area contributed by atoms with Crippen molar-refractivity contribution in [2.45, 2.75) is 25.5 Å². The highest BCUT2D eigenvalue weighted by Crippen LogP contribution is 2.24. The van der Waals surface area contributed by atoms with Crippen LogP contribution < -0.4 is 0 Å². The molecule has 0 aliphatic carbocycles. The van der Waals surface area contributed by atoms with Crippen molar-refractivity contribution in [3.8, 4) is 0 Å². The zero-order valence-corrected chi connectivity index (χ0v) is 9.24. The van der Waals surface area contributed by atoms with E-state index in [1.807, 2.05) is 0 Å². The van der Waals surface area contributed by atoms with Crippen molar-refractivity contribution in [1.82, 2.24) is 9.55 Å². The van der Waals surface area contributed by atoms with Gasteiger partial charge in [-0.1, -0.05) is 6.92 Å². The van der Waals surface area contributed by atoms with Crippen molar-refractivity contribution in [2.24, 2.45) is 7.05 Å². The maximum atomic E-state index is 11.0. The van der Waals surface area contributed by atoms with Gasteiger partial charge in [0.2, 0.25) is 0 Å². The molecule has 1 unspecified atom stereocenters. The molecule has 5 nitrogen and oxygen atoms in total. The number of aromatic nitrogens is 2. The highest BCUT2D eigenvalue weighted by atomic mass is 32.2. The lowest BCUT2D eigenvalue weighted by atomic mass is 10.2. The SMILES string of the molecule is CCC(c1cnc(C)n1C)S(=O)(=O)O. The molecule has 0 amide bonds. The van der Waals surface area contributed by atoms with Crippen molar-refractivity contribution in [2.75, 3.05) is 0 Å². The predicted molar refractivity (Wildman–Crippen MR) is 52.5 cm³/mol. The summed E-state index contributed by atoms with van der Waals surface area (Å²) in [5.74, 6) is 0.724. The van der Waals surface area contributed by atoms with Gasteiger partial charge in [0, 0.05) is 13.2 Å². The summed E-state index contributed by atoms with van der Waals surface area (Å²) >= 11 is 0. The summed E-state index contributed by atoms with van der Waals surface area (Å²) in [5.41, 5.74) is 0.521. The van der Waals surface area contributed by atoms with Gasteiger partial charge in [0.15, 0.2) is 0 Å². The van der Waals surface area contributed by atoms with Crippen LogP contribution in [0.4, 0.5) is 0 Å². The fraction of sp³-hybridized carbons (Fsp3) is 0.625. The standard InChI is InChI=1S/C8H14N2O3S/c1-4-8(14(11,12)13)7-5-9-6(2)10(7)3/h5,8H,4H2,1-3H3,(H,11,12,13). The molecule has 0 aliphatic rings. The third kappa shape index (κ3) is 1.96. The molecule has 1 N–H and O–H groups in total. The minimum atomic E-state index is -4.04. The van der Waals surface area contributed by atoms with Gasteiger partial charge in [-0.15, -0.1) is 0 Å². The van der Waals surface area contributed by atoms with E-state index in [-0.39, 0.29) is 0 Å². The number of rotatable bonds is 3. The Labute approximate surface area is 83.5 Å². The summed E-state index contributed by atoms with van der Waals surface area (Å²) in [6.45, 7) is 3.49. The summed E-state index contributed by atoms with van der Waals surface area (Å²) in [6.07, 6.45) is 1.81. The third-order valence-electron chi connectivity index (χ3n) is 2.32. The van der Waals surface area contributed by atoms with Crippen molar-refractivity contribution >= 4 is 10.1 Å². The molecular formula is C8H14N2O3S. The minimum absolute atomic E-state index is 0.331. The molecule has 1 aromatic rings. The van der Waals surface area contributed by atoms with E-state index in [4.69, 9.17) is 4.55 Å². The van der Waals surface area contributed by atoms with Gasteiger partial charge in [0.1, 0.15) is 11.1 Å². The second-order valence-electron chi connectivity index (χ2n) is 3.20. The Morgan fingerprint density at radius 3 is 2.50 bits per heavy atom. The van der Waals surface area contributed by atoms with Crippen molar-refractivity contribution in [3.63, 3.8) is 0 Å². The van der Waals surface area contributed by atoms with Gasteiger partial charge in [-0.25, -0.2) is 4.98 Å². The molecule has 1 aromatic heterocycles. The second kappa shape index (κ2) is 3.70. The average Bonchev–Trinajstić information content (AvgIpc) is 2.35. The monoisotopic (exact) mass is 218 g/mol. The lowest BCUT2D eigenvalue weighted by Crippen LogP contribution is -2.14. The van der Waals surface area contributed by atoms with Crippen LogP contribution in [0, 0.1) is 6.92 Å². The Balaban J connectivity index is 3.21. The fourth-order valence-corrected chi connectivity index (χ4v) is 2.34. The smallest absolute Gasteiger partial charge is 0.273 e. The van der Waals surface area contributed by atoms with Crippen molar-refractivity contribution < 1.29 is 13.0 Å². The molecule has 14 heavy (non-hydrogen) atoms. The Morgan fingerprint density at radius 1 is 1.64 bits per heavy atom. The summed E-state index contributed by atoms with van der Waals surface area (Å²) in [5, 5.41) is -0.881. The number of imidazole rings is 1. The highest BCUT2D eigenvalue weighted by Gasteiger charge is 2.26. The first-order valence-electron chi connectivity index (χ1n) is 4.32. The average molecular weight is 218 g/mol. The van der Waals surface area contributed by atoms with Crippen LogP contribution in [0.3, 0.4) is 0 Å². The first-order chi connectivity index (χ1) is 6.38. The molecule has 0 saturated carbocycles. The van der Waals surface area contributed by atoms with Crippen LogP contribution in [0.2, 0.25) is 0 Å². The maximum absolute atomic E-state index is 11.0. The van der Waals surface area contributed by atoms with Crippen LogP contribution in [0.5, 0.6) is 0 Å². The first-order valence-corrected chi connectivity index (χ1v) is 5.82. The van der Waals surface area contributed by atoms with E-state index >= 15 is 0 Å². The predicted octanol–water partition coefficient (Wildman–Crippen LogP) is 1.07. The molecule has 1 heterocycles. The largest absolute Gasteiger partial charge is 0.334 e. The number of aryl methyl sites for hydroxylation is 1. The summed E-state index contributed by atoms with van der Waals surface area (Å²) in [7, 11) is -2.31. The van der Waals surface area contributed by atoms with Gasteiger partial charge in [-0.2, -0.15) is 8.42 Å². The molecule has 0 aliphatic heterocycles. The molecule has 6 heteroatoms. The molecule has 0 bridgehead atoms. The topological polar surface area (TPSA) is 72.2 Å². The van der Waals surface area contributed by atoms with E-state index in [0.29, 0.717) is 12.1 Å². The summed E-state index contributed by atoms with van der Waals surface area (Å²) < 4.78 is 32.7. The molecular weight excluding hydrogens is 204 g/mol. The maximum Gasteiger partial charge on any atom is 0.273 e. The van der Waals surface area contributed by atoms with E-state index in [2.05, 4.69) is 4.98 Å². The molecule has 1 rings (SSSR count). The Hall–Kier alpha value is -0.880. The third-order valence-corrected chi connectivity index (χ3v) is 3.61. The van der Waals surface area contributed by atoms with Crippen LogP contribution in [-0.2, 0) is 17.2 Å². The molecule has 0 aromatic carbocycles. The molecule has 80 valence electrons. The Kier molecular flexibility index (Phi) is 2.96. The fourth-order valence-electron chi connectivity index (χ4n) is 1.39.